The van der Waals surface area contributed by atoms with Gasteiger partial charge in [0.05, 0.1) is 19.9 Å². The lowest BCUT2D eigenvalue weighted by Gasteiger charge is -2.10. The molecule has 0 bridgehead atoms. The Balaban J connectivity index is 2.83. The minimum Gasteiger partial charge on any atom is -0.497 e. The molecule has 92 valence electrons. The van der Waals surface area contributed by atoms with E-state index in [9.17, 15) is 9.59 Å². The zero-order valence-corrected chi connectivity index (χ0v) is 9.52. The number of amides is 1. The van der Waals surface area contributed by atoms with E-state index in [1.54, 1.807) is 18.2 Å². The van der Waals surface area contributed by atoms with E-state index in [2.05, 4.69) is 5.32 Å². The highest BCUT2D eigenvalue weighted by Crippen LogP contribution is 2.28. The van der Waals surface area contributed by atoms with Crippen molar-refractivity contribution in [3.05, 3.63) is 18.2 Å². The fourth-order valence-electron chi connectivity index (χ4n) is 1.23. The second-order valence-electron chi connectivity index (χ2n) is 3.18. The predicted octanol–water partition coefficient (Wildman–Crippen LogP) is 1.12. The van der Waals surface area contributed by atoms with Gasteiger partial charge in [-0.1, -0.05) is 0 Å². The molecule has 0 aromatic heterocycles. The number of hydrogen-bond acceptors (Lipinski definition) is 4. The summed E-state index contributed by atoms with van der Waals surface area (Å²) in [5.74, 6) is -0.808. The molecule has 17 heavy (non-hydrogen) atoms. The second-order valence-corrected chi connectivity index (χ2v) is 3.18. The molecular formula is C11H13NO5. The minimum atomic E-state index is -1.19. The van der Waals surface area contributed by atoms with Crippen LogP contribution in [0.2, 0.25) is 0 Å². The topological polar surface area (TPSA) is 84.9 Å². The highest BCUT2D eigenvalue weighted by molar-refractivity contribution is 6.02. The number of carboxylic acids is 1. The lowest BCUT2D eigenvalue weighted by molar-refractivity contribution is -0.139. The number of anilines is 1. The average molecular weight is 239 g/mol. The monoisotopic (exact) mass is 239 g/mol. The van der Waals surface area contributed by atoms with Crippen LogP contribution in [-0.4, -0.2) is 31.2 Å². The molecule has 0 saturated carbocycles. The van der Waals surface area contributed by atoms with Crippen molar-refractivity contribution in [2.24, 2.45) is 0 Å². The summed E-state index contributed by atoms with van der Waals surface area (Å²) in [5, 5.41) is 10.9. The van der Waals surface area contributed by atoms with Crippen LogP contribution in [-0.2, 0) is 9.59 Å². The van der Waals surface area contributed by atoms with E-state index in [-0.39, 0.29) is 0 Å². The maximum absolute atomic E-state index is 11.3. The summed E-state index contributed by atoms with van der Waals surface area (Å²) in [6.07, 6.45) is -0.588. The molecule has 0 saturated heterocycles. The maximum atomic E-state index is 11.3. The Morgan fingerprint density at radius 1 is 1.29 bits per heavy atom. The first kappa shape index (κ1) is 12.8. The predicted molar refractivity (Wildman–Crippen MR) is 60.4 cm³/mol. The van der Waals surface area contributed by atoms with Gasteiger partial charge < -0.3 is 19.9 Å². The number of carbonyl (C=O) groups excluding carboxylic acids is 1. The van der Waals surface area contributed by atoms with Gasteiger partial charge in [-0.15, -0.1) is 0 Å². The maximum Gasteiger partial charge on any atom is 0.312 e. The number of carbonyl (C=O) groups is 2. The minimum absolute atomic E-state index is 0.402. The van der Waals surface area contributed by atoms with Gasteiger partial charge >= 0.3 is 5.97 Å². The molecule has 0 fully saturated rings. The Morgan fingerprint density at radius 2 is 2.00 bits per heavy atom. The van der Waals surface area contributed by atoms with Gasteiger partial charge in [0.2, 0.25) is 5.91 Å². The van der Waals surface area contributed by atoms with Crippen molar-refractivity contribution < 1.29 is 24.2 Å². The number of ether oxygens (including phenoxy) is 2. The van der Waals surface area contributed by atoms with Crippen molar-refractivity contribution in [2.45, 2.75) is 6.42 Å². The Morgan fingerprint density at radius 3 is 2.53 bits per heavy atom. The van der Waals surface area contributed by atoms with E-state index in [0.29, 0.717) is 17.2 Å². The Kier molecular flexibility index (Phi) is 4.33. The quantitative estimate of drug-likeness (QED) is 0.752. The Hall–Kier alpha value is -2.24. The molecule has 1 rings (SSSR count). The third-order valence-corrected chi connectivity index (χ3v) is 1.99. The van der Waals surface area contributed by atoms with E-state index in [1.807, 2.05) is 0 Å². The Labute approximate surface area is 98.2 Å². The van der Waals surface area contributed by atoms with Crippen LogP contribution in [0.3, 0.4) is 0 Å². The number of aliphatic carboxylic acids is 1. The first-order valence-electron chi connectivity index (χ1n) is 4.80. The molecule has 1 aromatic carbocycles. The standard InChI is InChI=1S/C11H13NO5/c1-16-7-3-4-8(9(5-7)17-2)12-10(13)6-11(14)15/h3-5H,6H2,1-2H3,(H,12,13)(H,14,15). The molecule has 0 spiro atoms. The summed E-state index contributed by atoms with van der Waals surface area (Å²) in [5.41, 5.74) is 0.402. The third kappa shape index (κ3) is 3.67. The number of methoxy groups -OCH3 is 2. The van der Waals surface area contributed by atoms with Crippen LogP contribution in [0.25, 0.3) is 0 Å². The fraction of sp³-hybridized carbons (Fsp3) is 0.273. The first-order valence-corrected chi connectivity index (χ1v) is 4.80. The summed E-state index contributed by atoms with van der Waals surface area (Å²) in [4.78, 5) is 21.6. The largest absolute Gasteiger partial charge is 0.497 e. The van der Waals surface area contributed by atoms with E-state index in [4.69, 9.17) is 14.6 Å². The van der Waals surface area contributed by atoms with Crippen molar-refractivity contribution >= 4 is 17.6 Å². The molecule has 0 radical (unpaired) electrons. The Bertz CT molecular complexity index is 430. The van der Waals surface area contributed by atoms with E-state index < -0.39 is 18.3 Å². The summed E-state index contributed by atoms with van der Waals surface area (Å²) in [7, 11) is 2.96. The molecule has 0 atom stereocenters. The molecule has 0 unspecified atom stereocenters. The normalized spacial score (nSPS) is 9.53. The summed E-state index contributed by atoms with van der Waals surface area (Å²) in [6.45, 7) is 0. The number of carboxylic acid groups (broad SMARTS) is 1. The second kappa shape index (κ2) is 5.74. The van der Waals surface area contributed by atoms with Gasteiger partial charge in [-0.3, -0.25) is 9.59 Å². The van der Waals surface area contributed by atoms with Crippen LogP contribution in [0.4, 0.5) is 5.69 Å². The van der Waals surface area contributed by atoms with Crippen LogP contribution in [0.5, 0.6) is 11.5 Å². The number of hydrogen-bond donors (Lipinski definition) is 2. The van der Waals surface area contributed by atoms with Crippen LogP contribution < -0.4 is 14.8 Å². The molecular weight excluding hydrogens is 226 g/mol. The van der Waals surface area contributed by atoms with Gasteiger partial charge in [0.15, 0.2) is 0 Å². The number of nitrogens with one attached hydrogen (secondary N) is 1. The molecule has 2 N–H and O–H groups in total. The first-order chi connectivity index (χ1) is 8.06. The van der Waals surface area contributed by atoms with Crippen LogP contribution in [0, 0.1) is 0 Å². The number of rotatable bonds is 5. The van der Waals surface area contributed by atoms with Crippen molar-refractivity contribution in [2.75, 3.05) is 19.5 Å². The van der Waals surface area contributed by atoms with Gasteiger partial charge in [0.1, 0.15) is 17.9 Å². The zero-order valence-electron chi connectivity index (χ0n) is 9.52. The molecule has 0 aliphatic carbocycles. The molecule has 0 aliphatic heterocycles. The van der Waals surface area contributed by atoms with Crippen LogP contribution in [0.15, 0.2) is 18.2 Å². The van der Waals surface area contributed by atoms with Crippen molar-refractivity contribution in [1.82, 2.24) is 0 Å². The molecule has 0 aliphatic rings. The lowest BCUT2D eigenvalue weighted by Crippen LogP contribution is -2.16. The molecule has 6 nitrogen and oxygen atoms in total. The van der Waals surface area contributed by atoms with E-state index in [1.165, 1.54) is 14.2 Å². The van der Waals surface area contributed by atoms with Gasteiger partial charge in [0, 0.05) is 6.07 Å². The lowest BCUT2D eigenvalue weighted by atomic mass is 10.2. The number of benzene rings is 1. The molecule has 1 aromatic rings. The van der Waals surface area contributed by atoms with Gasteiger partial charge in [-0.05, 0) is 12.1 Å². The van der Waals surface area contributed by atoms with E-state index in [0.717, 1.165) is 0 Å². The van der Waals surface area contributed by atoms with Crippen molar-refractivity contribution in [3.8, 4) is 11.5 Å². The highest BCUT2D eigenvalue weighted by Gasteiger charge is 2.11. The van der Waals surface area contributed by atoms with Gasteiger partial charge in [-0.25, -0.2) is 0 Å². The molecule has 0 heterocycles. The average Bonchev–Trinajstić information content (AvgIpc) is 2.28. The fourth-order valence-corrected chi connectivity index (χ4v) is 1.23. The zero-order chi connectivity index (χ0) is 12.8. The molecule has 6 heteroatoms. The molecule has 1 amide bonds. The van der Waals surface area contributed by atoms with E-state index >= 15 is 0 Å². The van der Waals surface area contributed by atoms with Gasteiger partial charge in [0.25, 0.3) is 0 Å². The smallest absolute Gasteiger partial charge is 0.312 e. The van der Waals surface area contributed by atoms with Crippen LogP contribution >= 0.6 is 0 Å². The highest BCUT2D eigenvalue weighted by atomic mass is 16.5. The summed E-state index contributed by atoms with van der Waals surface area (Å²) in [6, 6.07) is 4.81. The van der Waals surface area contributed by atoms with Gasteiger partial charge in [-0.2, -0.15) is 0 Å². The van der Waals surface area contributed by atoms with Crippen molar-refractivity contribution in [1.29, 1.82) is 0 Å². The van der Waals surface area contributed by atoms with Crippen molar-refractivity contribution in [3.63, 3.8) is 0 Å². The summed E-state index contributed by atoms with van der Waals surface area (Å²) >= 11 is 0. The summed E-state index contributed by atoms with van der Waals surface area (Å²) < 4.78 is 10.0. The third-order valence-electron chi connectivity index (χ3n) is 1.99. The SMILES string of the molecule is COc1ccc(NC(=O)CC(=O)O)c(OC)c1. The van der Waals surface area contributed by atoms with Crippen LogP contribution in [0.1, 0.15) is 6.42 Å².